The van der Waals surface area contributed by atoms with Gasteiger partial charge in [-0.2, -0.15) is 11.3 Å². The van der Waals surface area contributed by atoms with Gasteiger partial charge in [-0.1, -0.05) is 35.5 Å². The zero-order valence-corrected chi connectivity index (χ0v) is 14.5. The number of carbonyl (C=O) groups is 1. The van der Waals surface area contributed by atoms with Gasteiger partial charge in [-0.25, -0.2) is 9.78 Å². The molecular formula is C18H12N2O3S2. The first-order valence-electron chi connectivity index (χ1n) is 7.46. The number of hydrogen-bond donors (Lipinski definition) is 0. The zero-order valence-electron chi connectivity index (χ0n) is 12.9. The minimum Gasteiger partial charge on any atom is -0.454 e. The van der Waals surface area contributed by atoms with Crippen LogP contribution in [-0.4, -0.2) is 16.1 Å². The lowest BCUT2D eigenvalue weighted by Crippen LogP contribution is -2.05. The number of thiazole rings is 1. The van der Waals surface area contributed by atoms with Crippen molar-refractivity contribution in [3.05, 3.63) is 70.0 Å². The molecule has 0 amide bonds. The van der Waals surface area contributed by atoms with E-state index in [1.807, 2.05) is 47.2 Å². The van der Waals surface area contributed by atoms with E-state index < -0.39 is 5.97 Å². The smallest absolute Gasteiger partial charge is 0.358 e. The van der Waals surface area contributed by atoms with Gasteiger partial charge in [0.1, 0.15) is 17.3 Å². The van der Waals surface area contributed by atoms with Gasteiger partial charge >= 0.3 is 5.97 Å². The van der Waals surface area contributed by atoms with Crippen LogP contribution in [0.15, 0.2) is 63.1 Å². The molecule has 0 unspecified atom stereocenters. The second-order valence-electron chi connectivity index (χ2n) is 5.17. The Balaban J connectivity index is 1.40. The molecule has 0 aliphatic carbocycles. The average Bonchev–Trinajstić information content (AvgIpc) is 3.41. The van der Waals surface area contributed by atoms with Crippen LogP contribution < -0.4 is 0 Å². The molecule has 0 aliphatic rings. The molecule has 5 nitrogen and oxygen atoms in total. The van der Waals surface area contributed by atoms with Gasteiger partial charge < -0.3 is 9.26 Å². The lowest BCUT2D eigenvalue weighted by molar-refractivity contribution is 0.0458. The summed E-state index contributed by atoms with van der Waals surface area (Å²) < 4.78 is 10.6. The van der Waals surface area contributed by atoms with Gasteiger partial charge in [0.05, 0.1) is 0 Å². The second-order valence-corrected chi connectivity index (χ2v) is 6.81. The number of carbonyl (C=O) groups excluding carboxylic acids is 1. The summed E-state index contributed by atoms with van der Waals surface area (Å²) in [6.07, 6.45) is 0. The second kappa shape index (κ2) is 7.00. The van der Waals surface area contributed by atoms with Crippen molar-refractivity contribution in [3.8, 4) is 21.9 Å². The summed E-state index contributed by atoms with van der Waals surface area (Å²) in [4.78, 5) is 16.5. The summed E-state index contributed by atoms with van der Waals surface area (Å²) in [6, 6.07) is 13.4. The average molecular weight is 368 g/mol. The number of rotatable bonds is 5. The van der Waals surface area contributed by atoms with Crippen LogP contribution in [0.25, 0.3) is 21.9 Å². The third-order valence-corrected chi connectivity index (χ3v) is 5.02. The van der Waals surface area contributed by atoms with Crippen molar-refractivity contribution in [2.75, 3.05) is 0 Å². The number of aromatic nitrogens is 2. The van der Waals surface area contributed by atoms with Crippen molar-refractivity contribution in [3.63, 3.8) is 0 Å². The van der Waals surface area contributed by atoms with Crippen LogP contribution in [0.5, 0.6) is 0 Å². The molecule has 3 heterocycles. The summed E-state index contributed by atoms with van der Waals surface area (Å²) in [6.45, 7) is 0.0421. The number of hydrogen-bond acceptors (Lipinski definition) is 7. The summed E-state index contributed by atoms with van der Waals surface area (Å²) in [7, 11) is 0. The zero-order chi connectivity index (χ0) is 17.1. The summed E-state index contributed by atoms with van der Waals surface area (Å²) in [5.74, 6) is 0.169. The fourth-order valence-electron chi connectivity index (χ4n) is 2.22. The van der Waals surface area contributed by atoms with Crippen LogP contribution in [0.2, 0.25) is 0 Å². The largest absolute Gasteiger partial charge is 0.454 e. The molecule has 0 saturated heterocycles. The van der Waals surface area contributed by atoms with Crippen molar-refractivity contribution < 1.29 is 14.1 Å². The van der Waals surface area contributed by atoms with E-state index in [1.54, 1.807) is 22.8 Å². The van der Waals surface area contributed by atoms with Gasteiger partial charge in [0, 0.05) is 28.0 Å². The normalized spacial score (nSPS) is 10.7. The Hall–Kier alpha value is -2.77. The fraction of sp³-hybridized carbons (Fsp3) is 0.0556. The van der Waals surface area contributed by atoms with Crippen molar-refractivity contribution in [1.29, 1.82) is 0 Å². The quantitative estimate of drug-likeness (QED) is 0.470. The van der Waals surface area contributed by atoms with Gasteiger partial charge in [0.25, 0.3) is 0 Å². The van der Waals surface area contributed by atoms with Crippen molar-refractivity contribution in [2.24, 2.45) is 0 Å². The van der Waals surface area contributed by atoms with Gasteiger partial charge in [0.2, 0.25) is 0 Å². The van der Waals surface area contributed by atoms with E-state index in [-0.39, 0.29) is 6.61 Å². The lowest BCUT2D eigenvalue weighted by Gasteiger charge is -1.98. The molecule has 4 aromatic rings. The standard InChI is InChI=1S/C18H12N2O3S2/c21-18(15-11-25-17(19-15)13-6-7-24-10-13)22-9-14-8-16(23-20-14)12-4-2-1-3-5-12/h1-8,10-11H,9H2. The maximum Gasteiger partial charge on any atom is 0.358 e. The van der Waals surface area contributed by atoms with Gasteiger partial charge in [-0.3, -0.25) is 0 Å². The highest BCUT2D eigenvalue weighted by molar-refractivity contribution is 7.14. The predicted molar refractivity (Wildman–Crippen MR) is 96.5 cm³/mol. The first-order chi connectivity index (χ1) is 12.3. The number of esters is 1. The lowest BCUT2D eigenvalue weighted by atomic mass is 10.2. The van der Waals surface area contributed by atoms with Crippen LogP contribution in [0.3, 0.4) is 0 Å². The van der Waals surface area contributed by atoms with E-state index in [2.05, 4.69) is 10.1 Å². The summed E-state index contributed by atoms with van der Waals surface area (Å²) in [5, 5.41) is 10.4. The molecule has 124 valence electrons. The number of benzene rings is 1. The van der Waals surface area contributed by atoms with Crippen molar-refractivity contribution >= 4 is 28.6 Å². The molecule has 0 aliphatic heterocycles. The van der Waals surface area contributed by atoms with E-state index in [0.29, 0.717) is 17.1 Å². The Labute approximate surface area is 151 Å². The number of nitrogens with zero attached hydrogens (tertiary/aromatic N) is 2. The Morgan fingerprint density at radius 3 is 2.80 bits per heavy atom. The Kier molecular flexibility index (Phi) is 4.41. The Morgan fingerprint density at radius 1 is 1.12 bits per heavy atom. The molecule has 3 aromatic heterocycles. The van der Waals surface area contributed by atoms with E-state index >= 15 is 0 Å². The Bertz CT molecular complexity index is 975. The highest BCUT2D eigenvalue weighted by Crippen LogP contribution is 2.26. The maximum absolute atomic E-state index is 12.1. The van der Waals surface area contributed by atoms with E-state index in [0.717, 1.165) is 16.1 Å². The highest BCUT2D eigenvalue weighted by Gasteiger charge is 2.15. The van der Waals surface area contributed by atoms with E-state index in [9.17, 15) is 4.79 Å². The predicted octanol–water partition coefficient (Wildman–Crippen LogP) is 4.88. The van der Waals surface area contributed by atoms with Crippen molar-refractivity contribution in [2.45, 2.75) is 6.61 Å². The highest BCUT2D eigenvalue weighted by atomic mass is 32.1. The maximum atomic E-state index is 12.1. The molecule has 0 spiro atoms. The first kappa shape index (κ1) is 15.7. The molecule has 0 N–H and O–H groups in total. The molecule has 1 aromatic carbocycles. The monoisotopic (exact) mass is 368 g/mol. The van der Waals surface area contributed by atoms with Crippen LogP contribution in [0, 0.1) is 0 Å². The molecule has 0 atom stereocenters. The molecule has 0 radical (unpaired) electrons. The van der Waals surface area contributed by atoms with E-state index in [4.69, 9.17) is 9.26 Å². The van der Waals surface area contributed by atoms with Crippen LogP contribution in [-0.2, 0) is 11.3 Å². The first-order valence-corrected chi connectivity index (χ1v) is 9.28. The van der Waals surface area contributed by atoms with E-state index in [1.165, 1.54) is 11.3 Å². The SMILES string of the molecule is O=C(OCc1cc(-c2ccccc2)on1)c1csc(-c2ccsc2)n1. The van der Waals surface area contributed by atoms with Crippen LogP contribution >= 0.6 is 22.7 Å². The van der Waals surface area contributed by atoms with Crippen LogP contribution in [0.1, 0.15) is 16.2 Å². The topological polar surface area (TPSA) is 65.2 Å². The molecule has 0 saturated carbocycles. The Morgan fingerprint density at radius 2 is 2.00 bits per heavy atom. The molecule has 0 fully saturated rings. The minimum absolute atomic E-state index is 0.0421. The summed E-state index contributed by atoms with van der Waals surface area (Å²) in [5.41, 5.74) is 2.80. The minimum atomic E-state index is -0.470. The van der Waals surface area contributed by atoms with Gasteiger partial charge in [0.15, 0.2) is 11.5 Å². The van der Waals surface area contributed by atoms with Crippen LogP contribution in [0.4, 0.5) is 0 Å². The summed E-state index contributed by atoms with van der Waals surface area (Å²) >= 11 is 3.01. The van der Waals surface area contributed by atoms with Crippen molar-refractivity contribution in [1.82, 2.24) is 10.1 Å². The van der Waals surface area contributed by atoms with Gasteiger partial charge in [-0.15, -0.1) is 11.3 Å². The number of ether oxygens (including phenoxy) is 1. The molecule has 0 bridgehead atoms. The van der Waals surface area contributed by atoms with Gasteiger partial charge in [-0.05, 0) is 11.4 Å². The number of thiophene rings is 1. The molecule has 4 rings (SSSR count). The molecular weight excluding hydrogens is 356 g/mol. The third-order valence-electron chi connectivity index (χ3n) is 3.45. The molecule has 7 heteroatoms. The third kappa shape index (κ3) is 3.52. The molecule has 25 heavy (non-hydrogen) atoms. The fourth-order valence-corrected chi connectivity index (χ4v) is 3.72.